The Kier molecular flexibility index (Phi) is 3.78. The molecule has 0 amide bonds. The number of carbonyl (C=O) groups is 1. The molecule has 0 radical (unpaired) electrons. The molecule has 5 nitrogen and oxygen atoms in total. The lowest BCUT2D eigenvalue weighted by molar-refractivity contribution is -0.138. The van der Waals surface area contributed by atoms with Crippen molar-refractivity contribution in [2.75, 3.05) is 4.72 Å². The van der Waals surface area contributed by atoms with Gasteiger partial charge in [-0.15, -0.1) is 11.3 Å². The van der Waals surface area contributed by atoms with E-state index in [4.69, 9.17) is 5.11 Å². The Hall–Kier alpha value is -0.950. The fourth-order valence-corrected chi connectivity index (χ4v) is 3.45. The van der Waals surface area contributed by atoms with Gasteiger partial charge in [0.25, 0.3) is 0 Å². The monoisotopic (exact) mass is 274 g/mol. The third-order valence-electron chi connectivity index (χ3n) is 2.60. The number of aliphatic carboxylic acids is 1. The van der Waals surface area contributed by atoms with Gasteiger partial charge in [-0.2, -0.15) is 0 Å². The van der Waals surface area contributed by atoms with E-state index in [0.29, 0.717) is 17.2 Å². The summed E-state index contributed by atoms with van der Waals surface area (Å²) in [5, 5.41) is 11.5. The first-order valence-electron chi connectivity index (χ1n) is 5.47. The Morgan fingerprint density at radius 2 is 2.47 bits per heavy atom. The SMILES string of the molecule is CCC(C(=O)O)c1csc(NS(=O)C2CC2)n1. The van der Waals surface area contributed by atoms with Gasteiger partial charge >= 0.3 is 5.97 Å². The summed E-state index contributed by atoms with van der Waals surface area (Å²) in [7, 11) is -1.07. The summed E-state index contributed by atoms with van der Waals surface area (Å²) >= 11 is 1.31. The molecule has 1 heterocycles. The van der Waals surface area contributed by atoms with E-state index in [-0.39, 0.29) is 5.25 Å². The quantitative estimate of drug-likeness (QED) is 0.831. The maximum Gasteiger partial charge on any atom is 0.312 e. The van der Waals surface area contributed by atoms with Crippen LogP contribution in [0.3, 0.4) is 0 Å². The Labute approximate surface area is 106 Å². The normalized spacial score (nSPS) is 18.6. The largest absolute Gasteiger partial charge is 0.481 e. The minimum Gasteiger partial charge on any atom is -0.481 e. The molecule has 0 saturated heterocycles. The molecule has 2 atom stereocenters. The number of hydrogen-bond donors (Lipinski definition) is 2. The van der Waals surface area contributed by atoms with E-state index in [1.165, 1.54) is 11.3 Å². The molecular formula is C10H14N2O3S2. The summed E-state index contributed by atoms with van der Waals surface area (Å²) in [6.07, 6.45) is 2.49. The number of carboxylic acids is 1. The molecule has 1 fully saturated rings. The molecule has 2 unspecified atom stereocenters. The minimum absolute atomic E-state index is 0.240. The van der Waals surface area contributed by atoms with Gasteiger partial charge in [-0.3, -0.25) is 9.52 Å². The Balaban J connectivity index is 2.03. The van der Waals surface area contributed by atoms with Crippen molar-refractivity contribution in [1.82, 2.24) is 4.98 Å². The predicted octanol–water partition coefficient (Wildman–Crippen LogP) is 1.96. The van der Waals surface area contributed by atoms with Gasteiger partial charge in [0, 0.05) is 5.38 Å². The number of nitrogens with zero attached hydrogens (tertiary/aromatic N) is 1. The molecule has 0 spiro atoms. The zero-order chi connectivity index (χ0) is 12.4. The van der Waals surface area contributed by atoms with Crippen LogP contribution in [-0.4, -0.2) is 25.5 Å². The average Bonchev–Trinajstić information content (AvgIpc) is 3.03. The van der Waals surface area contributed by atoms with E-state index >= 15 is 0 Å². The molecule has 1 aromatic heterocycles. The van der Waals surface area contributed by atoms with Crippen molar-refractivity contribution in [3.05, 3.63) is 11.1 Å². The van der Waals surface area contributed by atoms with Crippen LogP contribution in [0.2, 0.25) is 0 Å². The van der Waals surface area contributed by atoms with E-state index < -0.39 is 22.9 Å². The van der Waals surface area contributed by atoms with E-state index in [1.54, 1.807) is 5.38 Å². The predicted molar refractivity (Wildman–Crippen MR) is 67.6 cm³/mol. The maximum atomic E-state index is 11.6. The Bertz CT molecular complexity index is 443. The molecule has 1 saturated carbocycles. The van der Waals surface area contributed by atoms with Crippen LogP contribution in [0.25, 0.3) is 0 Å². The van der Waals surface area contributed by atoms with Crippen LogP contribution in [0.4, 0.5) is 5.13 Å². The molecule has 0 bridgehead atoms. The number of carboxylic acid groups (broad SMARTS) is 1. The first-order valence-corrected chi connectivity index (χ1v) is 7.56. The fraction of sp³-hybridized carbons (Fsp3) is 0.600. The van der Waals surface area contributed by atoms with Gasteiger partial charge in [0.15, 0.2) is 5.13 Å². The molecule has 0 aromatic carbocycles. The van der Waals surface area contributed by atoms with E-state index in [0.717, 1.165) is 12.8 Å². The van der Waals surface area contributed by atoms with Crippen molar-refractivity contribution in [2.45, 2.75) is 37.4 Å². The second-order valence-electron chi connectivity index (χ2n) is 3.98. The van der Waals surface area contributed by atoms with Crippen molar-refractivity contribution < 1.29 is 14.1 Å². The lowest BCUT2D eigenvalue weighted by Gasteiger charge is -2.05. The highest BCUT2D eigenvalue weighted by atomic mass is 32.2. The van der Waals surface area contributed by atoms with Gasteiger partial charge in [-0.1, -0.05) is 6.92 Å². The van der Waals surface area contributed by atoms with E-state index in [2.05, 4.69) is 9.71 Å². The highest BCUT2D eigenvalue weighted by molar-refractivity contribution is 7.87. The average molecular weight is 274 g/mol. The molecule has 1 aliphatic rings. The number of anilines is 1. The number of thiazole rings is 1. The molecule has 94 valence electrons. The first-order chi connectivity index (χ1) is 8.11. The van der Waals surface area contributed by atoms with Gasteiger partial charge in [0.2, 0.25) is 0 Å². The third kappa shape index (κ3) is 3.04. The Morgan fingerprint density at radius 3 is 3.00 bits per heavy atom. The molecule has 7 heteroatoms. The third-order valence-corrected chi connectivity index (χ3v) is 4.98. The second-order valence-corrected chi connectivity index (χ2v) is 6.30. The number of rotatable bonds is 6. The van der Waals surface area contributed by atoms with Crippen LogP contribution in [0.1, 0.15) is 37.8 Å². The zero-order valence-electron chi connectivity index (χ0n) is 9.38. The van der Waals surface area contributed by atoms with Crippen LogP contribution in [0.15, 0.2) is 5.38 Å². The van der Waals surface area contributed by atoms with Crippen molar-refractivity contribution in [3.63, 3.8) is 0 Å². The smallest absolute Gasteiger partial charge is 0.312 e. The minimum atomic E-state index is -1.07. The maximum absolute atomic E-state index is 11.6. The molecule has 1 aliphatic carbocycles. The van der Waals surface area contributed by atoms with Gasteiger partial charge < -0.3 is 5.11 Å². The summed E-state index contributed by atoms with van der Waals surface area (Å²) in [4.78, 5) is 15.2. The van der Waals surface area contributed by atoms with Crippen LogP contribution >= 0.6 is 11.3 Å². The molecule has 0 aliphatic heterocycles. The Morgan fingerprint density at radius 1 is 1.76 bits per heavy atom. The van der Waals surface area contributed by atoms with Crippen LogP contribution < -0.4 is 4.72 Å². The summed E-state index contributed by atoms with van der Waals surface area (Å²) in [6.45, 7) is 1.81. The summed E-state index contributed by atoms with van der Waals surface area (Å²) in [5.41, 5.74) is 0.542. The molecular weight excluding hydrogens is 260 g/mol. The summed E-state index contributed by atoms with van der Waals surface area (Å²) < 4.78 is 14.4. The number of hydrogen-bond acceptors (Lipinski definition) is 4. The number of nitrogens with one attached hydrogen (secondary N) is 1. The van der Waals surface area contributed by atoms with Crippen molar-refractivity contribution >= 4 is 33.4 Å². The topological polar surface area (TPSA) is 79.3 Å². The van der Waals surface area contributed by atoms with Crippen molar-refractivity contribution in [2.24, 2.45) is 0 Å². The molecule has 17 heavy (non-hydrogen) atoms. The van der Waals surface area contributed by atoms with Gasteiger partial charge in [-0.05, 0) is 19.3 Å². The molecule has 2 N–H and O–H groups in total. The zero-order valence-corrected chi connectivity index (χ0v) is 11.0. The van der Waals surface area contributed by atoms with Gasteiger partial charge in [-0.25, -0.2) is 9.19 Å². The molecule has 1 aromatic rings. The standard InChI is InChI=1S/C10H14N2O3S2/c1-2-7(9(13)14)8-5-16-10(11-8)12-17(15)6-3-4-6/h5-7H,2-4H2,1H3,(H,11,12)(H,13,14). The van der Waals surface area contributed by atoms with Gasteiger partial charge in [0.1, 0.15) is 11.0 Å². The van der Waals surface area contributed by atoms with E-state index in [1.807, 2.05) is 6.92 Å². The van der Waals surface area contributed by atoms with Crippen molar-refractivity contribution in [3.8, 4) is 0 Å². The van der Waals surface area contributed by atoms with Crippen LogP contribution in [0, 0.1) is 0 Å². The summed E-state index contributed by atoms with van der Waals surface area (Å²) in [5.74, 6) is -1.44. The van der Waals surface area contributed by atoms with Crippen LogP contribution in [0.5, 0.6) is 0 Å². The van der Waals surface area contributed by atoms with Crippen molar-refractivity contribution in [1.29, 1.82) is 0 Å². The first kappa shape index (κ1) is 12.5. The molecule has 2 rings (SSSR count). The van der Waals surface area contributed by atoms with Crippen LogP contribution in [-0.2, 0) is 15.8 Å². The fourth-order valence-electron chi connectivity index (χ4n) is 1.45. The summed E-state index contributed by atoms with van der Waals surface area (Å²) in [6, 6.07) is 0. The van der Waals surface area contributed by atoms with Gasteiger partial charge in [0.05, 0.1) is 16.9 Å². The highest BCUT2D eigenvalue weighted by Crippen LogP contribution is 2.29. The highest BCUT2D eigenvalue weighted by Gasteiger charge is 2.29. The lowest BCUT2D eigenvalue weighted by Crippen LogP contribution is -2.12. The van der Waals surface area contributed by atoms with E-state index in [9.17, 15) is 9.00 Å². The lowest BCUT2D eigenvalue weighted by atomic mass is 10.0. The number of aromatic nitrogens is 1. The second kappa shape index (κ2) is 5.14.